The summed E-state index contributed by atoms with van der Waals surface area (Å²) in [7, 11) is 2.19. The Morgan fingerprint density at radius 1 is 0.951 bits per heavy atom. The van der Waals surface area contributed by atoms with Gasteiger partial charge in [0.25, 0.3) is 0 Å². The van der Waals surface area contributed by atoms with Gasteiger partial charge in [-0.05, 0) is 121 Å². The minimum absolute atomic E-state index is 0.0120. The average molecular weight is 572 g/mol. The highest BCUT2D eigenvalue weighted by atomic mass is 16.7. The molecule has 5 aliphatic carbocycles. The van der Waals surface area contributed by atoms with Gasteiger partial charge < -0.3 is 19.3 Å². The van der Waals surface area contributed by atoms with E-state index in [9.17, 15) is 5.11 Å². The molecular formula is C36H61NO4. The van der Waals surface area contributed by atoms with Crippen molar-refractivity contribution in [3.63, 3.8) is 0 Å². The Hall–Kier alpha value is -0.200. The highest BCUT2D eigenvalue weighted by Crippen LogP contribution is 2.89. The van der Waals surface area contributed by atoms with Crippen LogP contribution < -0.4 is 0 Å². The van der Waals surface area contributed by atoms with E-state index in [1.807, 2.05) is 0 Å². The molecule has 1 N–H and O–H groups in total. The van der Waals surface area contributed by atoms with Gasteiger partial charge >= 0.3 is 0 Å². The third-order valence-corrected chi connectivity index (χ3v) is 15.9. The highest BCUT2D eigenvalue weighted by Gasteiger charge is 2.84. The van der Waals surface area contributed by atoms with Crippen LogP contribution in [-0.2, 0) is 14.2 Å². The Morgan fingerprint density at radius 3 is 2.37 bits per heavy atom. The number of likely N-dealkylation sites (N-methyl/N-ethyl adjacent to an activating group) is 1. The standard InChI is InChI=1S/C36H61NO4/c1-21(2)30(38)24-18-22(3)29-31(40-24)23(4)34(8)26-11-10-25-32(5,6)27(41-28-19-37(9)16-17-39-28)12-13-35(25)20-36(26,35)15-14-33(29,34)7/h21-31,38H,10-20H2,1-9H3/t22-,23+,24-,25+,26+,27+,28+,29+,30-,31-,33-,34+,35?,36+/m1/s1. The van der Waals surface area contributed by atoms with Gasteiger partial charge in [-0.1, -0.05) is 55.4 Å². The van der Waals surface area contributed by atoms with Gasteiger partial charge in [0, 0.05) is 13.1 Å². The summed E-state index contributed by atoms with van der Waals surface area (Å²) in [4.78, 5) is 2.35. The molecule has 234 valence electrons. The predicted octanol–water partition coefficient (Wildman–Crippen LogP) is 6.77. The topological polar surface area (TPSA) is 51.2 Å². The van der Waals surface area contributed by atoms with Gasteiger partial charge in [0.1, 0.15) is 0 Å². The van der Waals surface area contributed by atoms with Crippen LogP contribution in [0.3, 0.4) is 0 Å². The number of nitrogens with zero attached hydrogens (tertiary/aromatic N) is 1. The van der Waals surface area contributed by atoms with E-state index in [2.05, 4.69) is 67.3 Å². The quantitative estimate of drug-likeness (QED) is 0.404. The molecule has 2 aliphatic heterocycles. The lowest BCUT2D eigenvalue weighted by molar-refractivity contribution is -0.246. The first-order valence-corrected chi connectivity index (χ1v) is 17.5. The normalized spacial score (nSPS) is 56.7. The van der Waals surface area contributed by atoms with Gasteiger partial charge in [-0.15, -0.1) is 0 Å². The fourth-order valence-electron chi connectivity index (χ4n) is 13.7. The first-order chi connectivity index (χ1) is 19.2. The average Bonchev–Trinajstić information content (AvgIpc) is 3.54. The van der Waals surface area contributed by atoms with E-state index in [1.54, 1.807) is 0 Å². The van der Waals surface area contributed by atoms with Crippen molar-refractivity contribution in [2.24, 2.45) is 62.6 Å². The van der Waals surface area contributed by atoms with Crippen molar-refractivity contribution in [3.05, 3.63) is 0 Å². The Balaban J connectivity index is 1.16. The van der Waals surface area contributed by atoms with Crippen molar-refractivity contribution >= 4 is 0 Å². The Kier molecular flexibility index (Phi) is 6.77. The van der Waals surface area contributed by atoms with Crippen molar-refractivity contribution in [2.45, 2.75) is 137 Å². The Bertz CT molecular complexity index is 1030. The van der Waals surface area contributed by atoms with Crippen molar-refractivity contribution < 1.29 is 19.3 Å². The molecule has 14 atom stereocenters. The van der Waals surface area contributed by atoms with Crippen LogP contribution in [0, 0.1) is 62.6 Å². The molecular weight excluding hydrogens is 510 g/mol. The second-order valence-electron chi connectivity index (χ2n) is 17.8. The molecule has 41 heavy (non-hydrogen) atoms. The summed E-state index contributed by atoms with van der Waals surface area (Å²) in [5.74, 6) is 3.53. The summed E-state index contributed by atoms with van der Waals surface area (Å²) < 4.78 is 19.9. The molecule has 2 heterocycles. The zero-order valence-corrected chi connectivity index (χ0v) is 27.7. The molecule has 5 nitrogen and oxygen atoms in total. The lowest BCUT2D eigenvalue weighted by atomic mass is 9.40. The van der Waals surface area contributed by atoms with E-state index in [1.165, 1.54) is 44.9 Å². The van der Waals surface area contributed by atoms with Crippen molar-refractivity contribution in [1.82, 2.24) is 4.90 Å². The number of fused-ring (bicyclic) bond motifs is 4. The van der Waals surface area contributed by atoms with Crippen LogP contribution >= 0.6 is 0 Å². The molecule has 0 aromatic carbocycles. The molecule has 1 unspecified atom stereocenters. The van der Waals surface area contributed by atoms with E-state index in [4.69, 9.17) is 14.2 Å². The molecule has 7 fully saturated rings. The zero-order valence-electron chi connectivity index (χ0n) is 27.7. The third-order valence-electron chi connectivity index (χ3n) is 15.9. The van der Waals surface area contributed by atoms with Gasteiger partial charge in [0.05, 0.1) is 31.0 Å². The van der Waals surface area contributed by atoms with Crippen LogP contribution in [0.5, 0.6) is 0 Å². The molecule has 7 rings (SSSR count). The van der Waals surface area contributed by atoms with E-state index >= 15 is 0 Å². The molecule has 0 aromatic rings. The van der Waals surface area contributed by atoms with Gasteiger partial charge in [0.2, 0.25) is 0 Å². The fourth-order valence-corrected chi connectivity index (χ4v) is 13.7. The van der Waals surface area contributed by atoms with Crippen molar-refractivity contribution in [3.8, 4) is 0 Å². The van der Waals surface area contributed by atoms with Crippen LogP contribution in [0.2, 0.25) is 0 Å². The minimum Gasteiger partial charge on any atom is -0.390 e. The minimum atomic E-state index is -0.360. The number of ether oxygens (including phenoxy) is 3. The zero-order chi connectivity index (χ0) is 29.3. The molecule has 0 radical (unpaired) electrons. The largest absolute Gasteiger partial charge is 0.390 e. The maximum Gasteiger partial charge on any atom is 0.170 e. The summed E-state index contributed by atoms with van der Waals surface area (Å²) in [6.07, 6.45) is 10.6. The molecule has 5 saturated carbocycles. The predicted molar refractivity (Wildman–Crippen MR) is 162 cm³/mol. The highest BCUT2D eigenvalue weighted by molar-refractivity contribution is 5.32. The molecule has 2 spiro atoms. The van der Waals surface area contributed by atoms with E-state index in [0.717, 1.165) is 38.0 Å². The van der Waals surface area contributed by atoms with Gasteiger partial charge in [0.15, 0.2) is 6.29 Å². The first-order valence-electron chi connectivity index (χ1n) is 17.5. The van der Waals surface area contributed by atoms with Crippen LogP contribution in [0.15, 0.2) is 0 Å². The van der Waals surface area contributed by atoms with Gasteiger partial charge in [-0.3, -0.25) is 4.90 Å². The number of hydrogen-bond acceptors (Lipinski definition) is 5. The van der Waals surface area contributed by atoms with E-state index in [-0.39, 0.29) is 35.9 Å². The monoisotopic (exact) mass is 571 g/mol. The summed E-state index contributed by atoms with van der Waals surface area (Å²) in [6.45, 7) is 22.5. The second kappa shape index (κ2) is 9.41. The lowest BCUT2D eigenvalue weighted by Gasteiger charge is -2.64. The number of hydrogen-bond donors (Lipinski definition) is 1. The third kappa shape index (κ3) is 3.71. The van der Waals surface area contributed by atoms with Crippen molar-refractivity contribution in [2.75, 3.05) is 26.7 Å². The number of aliphatic hydroxyl groups is 1. The maximum absolute atomic E-state index is 11.1. The maximum atomic E-state index is 11.1. The number of rotatable bonds is 4. The fraction of sp³-hybridized carbons (Fsp3) is 1.00. The first kappa shape index (κ1) is 29.5. The molecule has 7 aliphatic rings. The molecule has 0 amide bonds. The number of morpholine rings is 1. The number of aliphatic hydroxyl groups excluding tert-OH is 1. The molecule has 0 bridgehead atoms. The Labute approximate surface area is 250 Å². The smallest absolute Gasteiger partial charge is 0.170 e. The van der Waals surface area contributed by atoms with E-state index in [0.29, 0.717) is 45.5 Å². The van der Waals surface area contributed by atoms with Gasteiger partial charge in [-0.25, -0.2) is 0 Å². The molecule has 5 heteroatoms. The van der Waals surface area contributed by atoms with Crippen LogP contribution in [0.25, 0.3) is 0 Å². The summed E-state index contributed by atoms with van der Waals surface area (Å²) >= 11 is 0. The summed E-state index contributed by atoms with van der Waals surface area (Å²) in [5, 5.41) is 11.1. The van der Waals surface area contributed by atoms with E-state index < -0.39 is 0 Å². The molecule has 2 saturated heterocycles. The SMILES string of the molecule is CC(C)[C@@H](O)[C@H]1C[C@@H](C)[C@H]2[C@H](O1)[C@H](C)[C@@]1(C)[C@@H]3CC[C@H]4C(C)(C)[C@@H](O[C@H]5CN(C)CCO5)CCC45C[C@@]35CC[C@]21C. The second-order valence-corrected chi connectivity index (χ2v) is 17.8. The Morgan fingerprint density at radius 2 is 1.66 bits per heavy atom. The van der Waals surface area contributed by atoms with Crippen LogP contribution in [-0.4, -0.2) is 67.5 Å². The summed E-state index contributed by atoms with van der Waals surface area (Å²) in [5.41, 5.74) is 1.80. The van der Waals surface area contributed by atoms with Crippen LogP contribution in [0.1, 0.15) is 107 Å². The lowest BCUT2D eigenvalue weighted by Crippen LogP contribution is -2.59. The molecule has 0 aromatic heterocycles. The van der Waals surface area contributed by atoms with Crippen molar-refractivity contribution in [1.29, 1.82) is 0 Å². The van der Waals surface area contributed by atoms with Gasteiger partial charge in [-0.2, -0.15) is 0 Å². The summed E-state index contributed by atoms with van der Waals surface area (Å²) in [6, 6.07) is 0. The van der Waals surface area contributed by atoms with Crippen LogP contribution in [0.4, 0.5) is 0 Å².